The van der Waals surface area contributed by atoms with Gasteiger partial charge in [-0.3, -0.25) is 4.79 Å². The highest BCUT2D eigenvalue weighted by atomic mass is 35.5. The maximum absolute atomic E-state index is 13.0. The standard InChI is InChI=1S/C18H17Cl2NO2S/c1-11-8-9-12(10-14(11)19)21-24-18(20)16(22)13-6-4-5-7-15(13)23-17(18,2)3/h4-10,21H,1-3H3. The van der Waals surface area contributed by atoms with Crippen LogP contribution in [-0.4, -0.2) is 15.6 Å². The number of carbonyl (C=O) groups excluding carboxylic acids is 1. The molecule has 0 saturated heterocycles. The third-order valence-corrected chi connectivity index (χ3v) is 6.61. The van der Waals surface area contributed by atoms with Crippen molar-refractivity contribution >= 4 is 46.6 Å². The SMILES string of the molecule is Cc1ccc(NSC2(Cl)C(=O)c3ccccc3OC2(C)C)cc1Cl. The Kier molecular flexibility index (Phi) is 4.49. The number of benzene rings is 2. The number of Topliss-reactive ketones (excluding diaryl/α,β-unsaturated/α-hetero) is 1. The number of rotatable bonds is 3. The first kappa shape index (κ1) is 17.5. The average Bonchev–Trinajstić information content (AvgIpc) is 2.54. The lowest BCUT2D eigenvalue weighted by Crippen LogP contribution is -2.56. The van der Waals surface area contributed by atoms with Crippen molar-refractivity contribution in [3.05, 3.63) is 58.6 Å². The first-order valence-corrected chi connectivity index (χ1v) is 9.04. The van der Waals surface area contributed by atoms with Crippen LogP contribution >= 0.6 is 35.1 Å². The lowest BCUT2D eigenvalue weighted by atomic mass is 9.92. The van der Waals surface area contributed by atoms with E-state index in [0.29, 0.717) is 16.3 Å². The highest BCUT2D eigenvalue weighted by Crippen LogP contribution is 2.49. The molecule has 1 N–H and O–H groups in total. The minimum absolute atomic E-state index is 0.174. The van der Waals surface area contributed by atoms with Crippen molar-refractivity contribution in [3.8, 4) is 5.75 Å². The van der Waals surface area contributed by atoms with E-state index in [9.17, 15) is 4.79 Å². The fraction of sp³-hybridized carbons (Fsp3) is 0.278. The number of hydrogen-bond donors (Lipinski definition) is 1. The molecule has 0 fully saturated rings. The molecule has 3 nitrogen and oxygen atoms in total. The summed E-state index contributed by atoms with van der Waals surface area (Å²) in [6.45, 7) is 5.55. The zero-order valence-corrected chi connectivity index (χ0v) is 15.9. The van der Waals surface area contributed by atoms with Gasteiger partial charge in [-0.2, -0.15) is 0 Å². The highest BCUT2D eigenvalue weighted by molar-refractivity contribution is 8.04. The Balaban J connectivity index is 1.90. The molecule has 1 atom stereocenters. The summed E-state index contributed by atoms with van der Waals surface area (Å²) in [5.41, 5.74) is 1.35. The predicted octanol–water partition coefficient (Wildman–Crippen LogP) is 5.70. The lowest BCUT2D eigenvalue weighted by Gasteiger charge is -2.43. The fourth-order valence-electron chi connectivity index (χ4n) is 2.49. The van der Waals surface area contributed by atoms with Crippen molar-refractivity contribution < 1.29 is 9.53 Å². The van der Waals surface area contributed by atoms with Crippen molar-refractivity contribution in [2.75, 3.05) is 4.72 Å². The van der Waals surface area contributed by atoms with Gasteiger partial charge in [0.1, 0.15) is 11.4 Å². The summed E-state index contributed by atoms with van der Waals surface area (Å²) >= 11 is 14.0. The molecule has 0 bridgehead atoms. The average molecular weight is 382 g/mol. The summed E-state index contributed by atoms with van der Waals surface area (Å²) in [5, 5.41) is 0.653. The van der Waals surface area contributed by atoms with E-state index in [0.717, 1.165) is 23.2 Å². The molecule has 1 aliphatic rings. The van der Waals surface area contributed by atoms with E-state index in [4.69, 9.17) is 27.9 Å². The number of para-hydroxylation sites is 1. The monoisotopic (exact) mass is 381 g/mol. The molecule has 24 heavy (non-hydrogen) atoms. The smallest absolute Gasteiger partial charge is 0.210 e. The molecule has 0 aromatic heterocycles. The van der Waals surface area contributed by atoms with E-state index >= 15 is 0 Å². The maximum atomic E-state index is 13.0. The summed E-state index contributed by atoms with van der Waals surface area (Å²) in [6, 6.07) is 12.8. The van der Waals surface area contributed by atoms with Gasteiger partial charge in [-0.1, -0.05) is 41.4 Å². The van der Waals surface area contributed by atoms with Gasteiger partial charge in [0.25, 0.3) is 0 Å². The van der Waals surface area contributed by atoms with E-state index in [-0.39, 0.29) is 5.78 Å². The molecule has 0 spiro atoms. The number of ketones is 1. The Morgan fingerprint density at radius 2 is 1.88 bits per heavy atom. The molecule has 0 saturated carbocycles. The quantitative estimate of drug-likeness (QED) is 0.546. The van der Waals surface area contributed by atoms with Crippen LogP contribution in [0.5, 0.6) is 5.75 Å². The van der Waals surface area contributed by atoms with Crippen LogP contribution in [0.15, 0.2) is 42.5 Å². The summed E-state index contributed by atoms with van der Waals surface area (Å²) in [5.74, 6) is 0.384. The van der Waals surface area contributed by atoms with E-state index < -0.39 is 9.81 Å². The number of fused-ring (bicyclic) bond motifs is 1. The molecule has 2 aromatic rings. The van der Waals surface area contributed by atoms with Crippen LogP contribution in [0.3, 0.4) is 0 Å². The van der Waals surface area contributed by atoms with Crippen molar-refractivity contribution in [3.63, 3.8) is 0 Å². The number of hydrogen-bond acceptors (Lipinski definition) is 4. The predicted molar refractivity (Wildman–Crippen MR) is 101 cm³/mol. The van der Waals surface area contributed by atoms with Crippen molar-refractivity contribution in [2.45, 2.75) is 30.6 Å². The molecular weight excluding hydrogens is 365 g/mol. The first-order valence-electron chi connectivity index (χ1n) is 7.46. The Morgan fingerprint density at radius 3 is 2.58 bits per heavy atom. The molecule has 0 aliphatic carbocycles. The topological polar surface area (TPSA) is 38.3 Å². The molecule has 1 heterocycles. The maximum Gasteiger partial charge on any atom is 0.210 e. The molecule has 126 valence electrons. The van der Waals surface area contributed by atoms with Crippen LogP contribution in [-0.2, 0) is 0 Å². The molecule has 1 aliphatic heterocycles. The van der Waals surface area contributed by atoms with Crippen molar-refractivity contribution in [1.29, 1.82) is 0 Å². The van der Waals surface area contributed by atoms with Gasteiger partial charge >= 0.3 is 0 Å². The number of aryl methyl sites for hydroxylation is 1. The molecule has 0 amide bonds. The fourth-order valence-corrected chi connectivity index (χ4v) is 3.80. The van der Waals surface area contributed by atoms with Crippen LogP contribution in [0, 0.1) is 6.92 Å². The van der Waals surface area contributed by atoms with Gasteiger partial charge in [0, 0.05) is 10.7 Å². The largest absolute Gasteiger partial charge is 0.484 e. The van der Waals surface area contributed by atoms with Gasteiger partial charge in [0.15, 0.2) is 0 Å². The van der Waals surface area contributed by atoms with Gasteiger partial charge in [0.2, 0.25) is 9.99 Å². The number of anilines is 1. The van der Waals surface area contributed by atoms with Crippen LogP contribution in [0.2, 0.25) is 5.02 Å². The van der Waals surface area contributed by atoms with Crippen LogP contribution in [0.1, 0.15) is 29.8 Å². The minimum Gasteiger partial charge on any atom is -0.484 e. The number of halogens is 2. The van der Waals surface area contributed by atoms with Crippen LogP contribution in [0.25, 0.3) is 0 Å². The first-order chi connectivity index (χ1) is 11.2. The molecule has 2 aromatic carbocycles. The van der Waals surface area contributed by atoms with Crippen LogP contribution in [0.4, 0.5) is 5.69 Å². The van der Waals surface area contributed by atoms with Gasteiger partial charge in [-0.15, -0.1) is 0 Å². The van der Waals surface area contributed by atoms with Gasteiger partial charge in [-0.25, -0.2) is 0 Å². The van der Waals surface area contributed by atoms with Gasteiger partial charge in [-0.05, 0) is 62.5 Å². The minimum atomic E-state index is -1.31. The van der Waals surface area contributed by atoms with E-state index in [1.165, 1.54) is 0 Å². The van der Waals surface area contributed by atoms with Crippen molar-refractivity contribution in [2.24, 2.45) is 0 Å². The normalized spacial score (nSPS) is 21.8. The number of nitrogens with one attached hydrogen (secondary N) is 1. The van der Waals surface area contributed by atoms with Gasteiger partial charge < -0.3 is 9.46 Å². The second-order valence-electron chi connectivity index (χ2n) is 6.20. The Labute approximate surface area is 155 Å². The van der Waals surface area contributed by atoms with Gasteiger partial charge in [0.05, 0.1) is 5.56 Å². The van der Waals surface area contributed by atoms with E-state index in [1.54, 1.807) is 24.3 Å². The van der Waals surface area contributed by atoms with Crippen molar-refractivity contribution in [1.82, 2.24) is 0 Å². The summed E-state index contributed by atoms with van der Waals surface area (Å²) in [4.78, 5) is 13.0. The molecule has 3 rings (SSSR count). The molecule has 6 heteroatoms. The molecule has 1 unspecified atom stereocenters. The second-order valence-corrected chi connectivity index (χ2v) is 8.42. The summed E-state index contributed by atoms with van der Waals surface area (Å²) < 4.78 is 7.83. The highest BCUT2D eigenvalue weighted by Gasteiger charge is 2.57. The van der Waals surface area contributed by atoms with E-state index in [1.807, 2.05) is 39.0 Å². The molecule has 0 radical (unpaired) electrons. The Bertz CT molecular complexity index is 809. The Hall–Kier alpha value is -1.36. The third kappa shape index (κ3) is 2.87. The molecular formula is C18H17Cl2NO2S. The zero-order valence-electron chi connectivity index (χ0n) is 13.5. The summed E-state index contributed by atoms with van der Waals surface area (Å²) in [6.07, 6.45) is 0. The number of alkyl halides is 1. The third-order valence-electron chi connectivity index (χ3n) is 4.04. The second kappa shape index (κ2) is 6.17. The number of ether oxygens (including phenoxy) is 1. The Morgan fingerprint density at radius 1 is 1.17 bits per heavy atom. The summed E-state index contributed by atoms with van der Waals surface area (Å²) in [7, 11) is 0. The van der Waals surface area contributed by atoms with E-state index in [2.05, 4.69) is 4.72 Å². The zero-order chi connectivity index (χ0) is 17.5. The van der Waals surface area contributed by atoms with Crippen LogP contribution < -0.4 is 9.46 Å². The lowest BCUT2D eigenvalue weighted by molar-refractivity contribution is 0.0579. The number of carbonyl (C=O) groups is 1.